The van der Waals surface area contributed by atoms with Gasteiger partial charge < -0.3 is 10.5 Å². The number of nitrogens with zero attached hydrogens (tertiary/aromatic N) is 4. The molecule has 0 atom stereocenters. The second-order valence-electron chi connectivity index (χ2n) is 4.27. The van der Waals surface area contributed by atoms with Gasteiger partial charge in [0.2, 0.25) is 5.95 Å². The van der Waals surface area contributed by atoms with E-state index in [1.165, 1.54) is 0 Å². The molecule has 0 aliphatic carbocycles. The lowest BCUT2D eigenvalue weighted by Gasteiger charge is -2.06. The van der Waals surface area contributed by atoms with Gasteiger partial charge in [0.15, 0.2) is 5.65 Å². The van der Waals surface area contributed by atoms with E-state index in [9.17, 15) is 0 Å². The van der Waals surface area contributed by atoms with Crippen LogP contribution in [0.2, 0.25) is 0 Å². The van der Waals surface area contributed by atoms with Crippen molar-refractivity contribution in [1.29, 1.82) is 0 Å². The molecular weight excluding hydrogens is 230 g/mol. The van der Waals surface area contributed by atoms with Crippen molar-refractivity contribution < 1.29 is 4.74 Å². The first-order chi connectivity index (χ1) is 8.69. The summed E-state index contributed by atoms with van der Waals surface area (Å²) in [5.41, 5.74) is 8.90. The highest BCUT2D eigenvalue weighted by molar-refractivity contribution is 5.77. The minimum absolute atomic E-state index is 0.559. The highest BCUT2D eigenvalue weighted by Crippen LogP contribution is 2.21. The molecule has 18 heavy (non-hydrogen) atoms. The number of ether oxygens (including phenoxy) is 1. The van der Waals surface area contributed by atoms with Crippen LogP contribution in [0.1, 0.15) is 26.0 Å². The molecule has 0 radical (unpaired) electrons. The molecular formula is C12H21N5O. The number of aromatic nitrogens is 4. The van der Waals surface area contributed by atoms with E-state index in [0.717, 1.165) is 49.5 Å². The molecule has 0 amide bonds. The summed E-state index contributed by atoms with van der Waals surface area (Å²) < 4.78 is 9.22. The predicted octanol–water partition coefficient (Wildman–Crippen LogP) is 1.34. The Hall–Kier alpha value is -1.56. The van der Waals surface area contributed by atoms with Gasteiger partial charge in [0, 0.05) is 26.8 Å². The maximum Gasteiger partial charge on any atom is 0.202 e. The standard InChI is InChI=1S/C12H21N5O/c1-4-9-10-11(16(3)15-9)17(12(13)14-10)7-6-8-18-5-2/h4-8H2,1-3H3,(H2,13,14). The molecule has 0 saturated carbocycles. The maximum absolute atomic E-state index is 5.97. The second kappa shape index (κ2) is 5.39. The van der Waals surface area contributed by atoms with Gasteiger partial charge in [-0.15, -0.1) is 0 Å². The molecule has 2 N–H and O–H groups in total. The molecule has 0 unspecified atom stereocenters. The molecule has 2 rings (SSSR count). The quantitative estimate of drug-likeness (QED) is 0.786. The number of aryl methyl sites for hydroxylation is 3. The Bertz CT molecular complexity index is 528. The summed E-state index contributed by atoms with van der Waals surface area (Å²) >= 11 is 0. The number of fused-ring (bicyclic) bond motifs is 1. The first kappa shape index (κ1) is 12.9. The van der Waals surface area contributed by atoms with Gasteiger partial charge in [-0.2, -0.15) is 5.10 Å². The molecule has 2 aromatic rings. The Morgan fingerprint density at radius 1 is 1.33 bits per heavy atom. The van der Waals surface area contributed by atoms with Crippen molar-refractivity contribution in [1.82, 2.24) is 19.3 Å². The summed E-state index contributed by atoms with van der Waals surface area (Å²) in [5, 5.41) is 4.46. The van der Waals surface area contributed by atoms with Gasteiger partial charge in [-0.05, 0) is 19.8 Å². The molecule has 2 aromatic heterocycles. The van der Waals surface area contributed by atoms with Gasteiger partial charge in [-0.25, -0.2) is 4.98 Å². The molecule has 100 valence electrons. The van der Waals surface area contributed by atoms with Crippen LogP contribution in [0.15, 0.2) is 0 Å². The predicted molar refractivity (Wildman–Crippen MR) is 71.4 cm³/mol. The highest BCUT2D eigenvalue weighted by Gasteiger charge is 2.16. The summed E-state index contributed by atoms with van der Waals surface area (Å²) in [4.78, 5) is 4.42. The van der Waals surface area contributed by atoms with Crippen molar-refractivity contribution >= 4 is 17.1 Å². The summed E-state index contributed by atoms with van der Waals surface area (Å²) in [6, 6.07) is 0. The van der Waals surface area contributed by atoms with Gasteiger partial charge in [0.05, 0.1) is 5.69 Å². The largest absolute Gasteiger partial charge is 0.382 e. The minimum Gasteiger partial charge on any atom is -0.382 e. The van der Waals surface area contributed by atoms with Crippen LogP contribution in [0.5, 0.6) is 0 Å². The molecule has 0 saturated heterocycles. The first-order valence-electron chi connectivity index (χ1n) is 6.44. The lowest BCUT2D eigenvalue weighted by Crippen LogP contribution is -2.09. The third kappa shape index (κ3) is 2.20. The third-order valence-corrected chi connectivity index (χ3v) is 3.03. The van der Waals surface area contributed by atoms with E-state index in [-0.39, 0.29) is 0 Å². The average molecular weight is 251 g/mol. The molecule has 0 aliphatic heterocycles. The zero-order valence-corrected chi connectivity index (χ0v) is 11.3. The number of rotatable bonds is 6. The van der Waals surface area contributed by atoms with E-state index in [4.69, 9.17) is 10.5 Å². The minimum atomic E-state index is 0.559. The Balaban J connectivity index is 2.26. The van der Waals surface area contributed by atoms with Crippen LogP contribution >= 0.6 is 0 Å². The van der Waals surface area contributed by atoms with Crippen molar-refractivity contribution in [2.75, 3.05) is 18.9 Å². The van der Waals surface area contributed by atoms with E-state index >= 15 is 0 Å². The smallest absolute Gasteiger partial charge is 0.202 e. The van der Waals surface area contributed by atoms with Crippen LogP contribution in [0, 0.1) is 0 Å². The van der Waals surface area contributed by atoms with Crippen LogP contribution in [-0.2, 0) is 24.8 Å². The lowest BCUT2D eigenvalue weighted by atomic mass is 10.3. The second-order valence-corrected chi connectivity index (χ2v) is 4.27. The summed E-state index contributed by atoms with van der Waals surface area (Å²) in [7, 11) is 1.93. The fourth-order valence-corrected chi connectivity index (χ4v) is 2.19. The van der Waals surface area contributed by atoms with Crippen LogP contribution in [-0.4, -0.2) is 32.5 Å². The Morgan fingerprint density at radius 3 is 2.78 bits per heavy atom. The highest BCUT2D eigenvalue weighted by atomic mass is 16.5. The number of hydrogen-bond donors (Lipinski definition) is 1. The fourth-order valence-electron chi connectivity index (χ4n) is 2.19. The van der Waals surface area contributed by atoms with Gasteiger partial charge in [-0.3, -0.25) is 9.25 Å². The van der Waals surface area contributed by atoms with Gasteiger partial charge in [0.25, 0.3) is 0 Å². The van der Waals surface area contributed by atoms with Crippen LogP contribution in [0.3, 0.4) is 0 Å². The molecule has 0 aromatic carbocycles. The third-order valence-electron chi connectivity index (χ3n) is 3.03. The number of nitrogens with two attached hydrogens (primary N) is 1. The van der Waals surface area contributed by atoms with Crippen molar-refractivity contribution in [3.8, 4) is 0 Å². The fraction of sp³-hybridized carbons (Fsp3) is 0.667. The zero-order valence-electron chi connectivity index (χ0n) is 11.3. The van der Waals surface area contributed by atoms with Crippen LogP contribution in [0.4, 0.5) is 5.95 Å². The zero-order chi connectivity index (χ0) is 13.1. The monoisotopic (exact) mass is 251 g/mol. The SMILES string of the molecule is CCOCCCn1c(N)nc2c(CC)nn(C)c21. The van der Waals surface area contributed by atoms with Crippen molar-refractivity contribution in [3.63, 3.8) is 0 Å². The van der Waals surface area contributed by atoms with E-state index in [1.54, 1.807) is 0 Å². The number of imidazole rings is 1. The van der Waals surface area contributed by atoms with E-state index in [0.29, 0.717) is 5.95 Å². The Labute approximate surface area is 107 Å². The van der Waals surface area contributed by atoms with Gasteiger partial charge >= 0.3 is 0 Å². The van der Waals surface area contributed by atoms with Crippen molar-refractivity contribution in [2.45, 2.75) is 33.2 Å². The number of nitrogen functional groups attached to an aromatic ring is 1. The summed E-state index contributed by atoms with van der Waals surface area (Å²) in [6.45, 7) is 6.38. The average Bonchev–Trinajstić information content (AvgIpc) is 2.83. The number of anilines is 1. The van der Waals surface area contributed by atoms with Crippen LogP contribution in [0.25, 0.3) is 11.2 Å². The van der Waals surface area contributed by atoms with E-state index < -0.39 is 0 Å². The molecule has 2 heterocycles. The first-order valence-corrected chi connectivity index (χ1v) is 6.44. The lowest BCUT2D eigenvalue weighted by molar-refractivity contribution is 0.142. The summed E-state index contributed by atoms with van der Waals surface area (Å²) in [6.07, 6.45) is 1.79. The van der Waals surface area contributed by atoms with Crippen molar-refractivity contribution in [2.24, 2.45) is 7.05 Å². The number of hydrogen-bond acceptors (Lipinski definition) is 4. The van der Waals surface area contributed by atoms with E-state index in [2.05, 4.69) is 17.0 Å². The maximum atomic E-state index is 5.97. The van der Waals surface area contributed by atoms with Crippen molar-refractivity contribution in [3.05, 3.63) is 5.69 Å². The molecule has 6 heteroatoms. The summed E-state index contributed by atoms with van der Waals surface area (Å²) in [5.74, 6) is 0.559. The van der Waals surface area contributed by atoms with Crippen LogP contribution < -0.4 is 5.73 Å². The van der Waals surface area contributed by atoms with Gasteiger partial charge in [-0.1, -0.05) is 6.92 Å². The Morgan fingerprint density at radius 2 is 2.11 bits per heavy atom. The molecule has 0 spiro atoms. The molecule has 0 aliphatic rings. The van der Waals surface area contributed by atoms with E-state index in [1.807, 2.05) is 23.2 Å². The topological polar surface area (TPSA) is 70.9 Å². The molecule has 0 bridgehead atoms. The normalized spacial score (nSPS) is 11.5. The van der Waals surface area contributed by atoms with Gasteiger partial charge in [0.1, 0.15) is 5.52 Å². The Kier molecular flexibility index (Phi) is 3.86. The molecule has 0 fully saturated rings. The molecule has 6 nitrogen and oxygen atoms in total.